The second-order valence-corrected chi connectivity index (χ2v) is 5.85. The molecule has 0 spiro atoms. The number of tetrazole rings is 1. The van der Waals surface area contributed by atoms with Crippen molar-refractivity contribution in [2.45, 2.75) is 25.0 Å². The van der Waals surface area contributed by atoms with Crippen LogP contribution in [0.3, 0.4) is 0 Å². The number of amides is 1. The largest absolute Gasteiger partial charge is 0.345 e. The van der Waals surface area contributed by atoms with Crippen LogP contribution in [-0.2, 0) is 18.9 Å². The molecule has 10 heteroatoms. The van der Waals surface area contributed by atoms with Gasteiger partial charge in [-0.1, -0.05) is 25.6 Å². The third-order valence-electron chi connectivity index (χ3n) is 2.92. The fourth-order valence-electron chi connectivity index (χ4n) is 1.80. The third-order valence-corrected chi connectivity index (χ3v) is 3.93. The van der Waals surface area contributed by atoms with E-state index in [1.807, 2.05) is 20.9 Å². The van der Waals surface area contributed by atoms with Crippen molar-refractivity contribution < 1.29 is 4.79 Å². The van der Waals surface area contributed by atoms with Gasteiger partial charge in [0, 0.05) is 14.1 Å². The minimum Gasteiger partial charge on any atom is -0.345 e. The van der Waals surface area contributed by atoms with Gasteiger partial charge in [-0.3, -0.25) is 9.48 Å². The standard InChI is InChI=1S/C11H18N8OS/c1-7(2)9(10-12-6-13-18(10)3)14-8(20)5-21-11-15-16-17-19(11)4/h6-7,9H,5H2,1-4H3,(H,14,20)/t9-/m1/s1. The molecule has 1 atom stereocenters. The number of rotatable bonds is 6. The highest BCUT2D eigenvalue weighted by Gasteiger charge is 2.22. The zero-order valence-corrected chi connectivity index (χ0v) is 13.2. The molecule has 0 bridgehead atoms. The summed E-state index contributed by atoms with van der Waals surface area (Å²) in [5.41, 5.74) is 0. The maximum Gasteiger partial charge on any atom is 0.231 e. The van der Waals surface area contributed by atoms with E-state index in [2.05, 4.69) is 30.9 Å². The maximum atomic E-state index is 12.1. The molecule has 1 N–H and O–H groups in total. The maximum absolute atomic E-state index is 12.1. The molecular formula is C11H18N8OS. The average Bonchev–Trinajstić information content (AvgIpc) is 3.02. The summed E-state index contributed by atoms with van der Waals surface area (Å²) < 4.78 is 3.20. The summed E-state index contributed by atoms with van der Waals surface area (Å²) >= 11 is 1.29. The van der Waals surface area contributed by atoms with Crippen molar-refractivity contribution in [2.75, 3.05) is 5.75 Å². The van der Waals surface area contributed by atoms with E-state index < -0.39 is 0 Å². The first kappa shape index (κ1) is 15.4. The lowest BCUT2D eigenvalue weighted by Crippen LogP contribution is -2.34. The molecule has 0 saturated carbocycles. The van der Waals surface area contributed by atoms with Crippen LogP contribution < -0.4 is 5.32 Å². The van der Waals surface area contributed by atoms with Gasteiger partial charge in [0.2, 0.25) is 11.1 Å². The van der Waals surface area contributed by atoms with E-state index in [0.29, 0.717) is 5.16 Å². The highest BCUT2D eigenvalue weighted by atomic mass is 32.2. The van der Waals surface area contributed by atoms with Gasteiger partial charge < -0.3 is 5.32 Å². The minimum absolute atomic E-state index is 0.0929. The zero-order valence-electron chi connectivity index (χ0n) is 12.4. The molecule has 0 aliphatic rings. The number of carbonyl (C=O) groups is 1. The van der Waals surface area contributed by atoms with Crippen molar-refractivity contribution in [3.05, 3.63) is 12.2 Å². The molecule has 0 radical (unpaired) electrons. The van der Waals surface area contributed by atoms with Gasteiger partial charge in [-0.05, 0) is 16.3 Å². The van der Waals surface area contributed by atoms with Gasteiger partial charge in [-0.25, -0.2) is 9.67 Å². The molecule has 2 aromatic rings. The number of thioether (sulfide) groups is 1. The van der Waals surface area contributed by atoms with Crippen molar-refractivity contribution >= 4 is 17.7 Å². The van der Waals surface area contributed by atoms with Crippen molar-refractivity contribution in [1.82, 2.24) is 40.3 Å². The fourth-order valence-corrected chi connectivity index (χ4v) is 2.47. The lowest BCUT2D eigenvalue weighted by Gasteiger charge is -2.21. The summed E-state index contributed by atoms with van der Waals surface area (Å²) in [6.07, 6.45) is 1.48. The highest BCUT2D eigenvalue weighted by molar-refractivity contribution is 7.99. The van der Waals surface area contributed by atoms with Crippen LogP contribution in [0, 0.1) is 5.92 Å². The first-order valence-corrected chi connectivity index (χ1v) is 7.46. The summed E-state index contributed by atoms with van der Waals surface area (Å²) in [5.74, 6) is 1.10. The van der Waals surface area contributed by atoms with E-state index >= 15 is 0 Å². The molecule has 1 amide bonds. The Morgan fingerprint density at radius 3 is 2.67 bits per heavy atom. The Morgan fingerprint density at radius 1 is 1.38 bits per heavy atom. The van der Waals surface area contributed by atoms with Crippen molar-refractivity contribution in [2.24, 2.45) is 20.0 Å². The third kappa shape index (κ3) is 3.78. The lowest BCUT2D eigenvalue weighted by molar-refractivity contribution is -0.119. The van der Waals surface area contributed by atoms with Gasteiger partial charge in [0.25, 0.3) is 0 Å². The van der Waals surface area contributed by atoms with Gasteiger partial charge in [-0.15, -0.1) is 5.10 Å². The van der Waals surface area contributed by atoms with E-state index in [4.69, 9.17) is 0 Å². The van der Waals surface area contributed by atoms with Crippen LogP contribution >= 0.6 is 11.8 Å². The summed E-state index contributed by atoms with van der Waals surface area (Å²) in [4.78, 5) is 16.3. The first-order chi connectivity index (χ1) is 9.99. The zero-order chi connectivity index (χ0) is 15.4. The number of hydrogen-bond acceptors (Lipinski definition) is 7. The molecule has 0 unspecified atom stereocenters. The average molecular weight is 310 g/mol. The summed E-state index contributed by atoms with van der Waals surface area (Å²) in [6, 6.07) is -0.178. The lowest BCUT2D eigenvalue weighted by atomic mass is 10.0. The number of nitrogens with one attached hydrogen (secondary N) is 1. The Labute approximate surface area is 126 Å². The minimum atomic E-state index is -0.178. The molecular weight excluding hydrogens is 292 g/mol. The Kier molecular flexibility index (Phi) is 4.89. The molecule has 21 heavy (non-hydrogen) atoms. The molecule has 0 saturated heterocycles. The van der Waals surface area contributed by atoms with Crippen LogP contribution in [-0.4, -0.2) is 46.6 Å². The van der Waals surface area contributed by atoms with E-state index in [9.17, 15) is 4.79 Å². The van der Waals surface area contributed by atoms with Gasteiger partial charge in [0.1, 0.15) is 12.2 Å². The Hall–Kier alpha value is -1.97. The van der Waals surface area contributed by atoms with Crippen LogP contribution in [0.2, 0.25) is 0 Å². The molecule has 9 nitrogen and oxygen atoms in total. The number of nitrogens with zero attached hydrogens (tertiary/aromatic N) is 7. The van der Waals surface area contributed by atoms with Gasteiger partial charge in [-0.2, -0.15) is 5.10 Å². The predicted molar refractivity (Wildman–Crippen MR) is 76.2 cm³/mol. The molecule has 2 aromatic heterocycles. The molecule has 0 fully saturated rings. The smallest absolute Gasteiger partial charge is 0.231 e. The number of aryl methyl sites for hydroxylation is 2. The van der Waals surface area contributed by atoms with Gasteiger partial charge in [0.05, 0.1) is 11.8 Å². The fraction of sp³-hybridized carbons (Fsp3) is 0.636. The second kappa shape index (κ2) is 6.66. The van der Waals surface area contributed by atoms with Crippen LogP contribution in [0.1, 0.15) is 25.7 Å². The topological polar surface area (TPSA) is 103 Å². The summed E-state index contributed by atoms with van der Waals surface area (Å²) in [7, 11) is 3.54. The molecule has 2 heterocycles. The molecule has 0 aliphatic heterocycles. The van der Waals surface area contributed by atoms with Gasteiger partial charge >= 0.3 is 0 Å². The monoisotopic (exact) mass is 310 g/mol. The molecule has 0 aromatic carbocycles. The summed E-state index contributed by atoms with van der Waals surface area (Å²) in [5, 5.41) is 18.7. The van der Waals surface area contributed by atoms with E-state index in [-0.39, 0.29) is 23.6 Å². The van der Waals surface area contributed by atoms with Gasteiger partial charge in [0.15, 0.2) is 0 Å². The van der Waals surface area contributed by atoms with Crippen LogP contribution in [0.4, 0.5) is 0 Å². The van der Waals surface area contributed by atoms with Crippen molar-refractivity contribution in [3.8, 4) is 0 Å². The normalized spacial score (nSPS) is 12.6. The van der Waals surface area contributed by atoms with Crippen molar-refractivity contribution in [1.29, 1.82) is 0 Å². The number of hydrogen-bond donors (Lipinski definition) is 1. The van der Waals surface area contributed by atoms with E-state index in [0.717, 1.165) is 5.82 Å². The van der Waals surface area contributed by atoms with Crippen molar-refractivity contribution in [3.63, 3.8) is 0 Å². The summed E-state index contributed by atoms with van der Waals surface area (Å²) in [6.45, 7) is 4.05. The number of carbonyl (C=O) groups excluding carboxylic acids is 1. The van der Waals surface area contributed by atoms with Crippen LogP contribution in [0.5, 0.6) is 0 Å². The highest BCUT2D eigenvalue weighted by Crippen LogP contribution is 2.19. The first-order valence-electron chi connectivity index (χ1n) is 6.47. The number of aromatic nitrogens is 7. The second-order valence-electron chi connectivity index (χ2n) is 4.90. The Balaban J connectivity index is 1.96. The molecule has 114 valence electrons. The Morgan fingerprint density at radius 2 is 2.14 bits per heavy atom. The Bertz CT molecular complexity index is 607. The SMILES string of the molecule is CC(C)[C@@H](NC(=O)CSc1nnnn1C)c1ncnn1C. The van der Waals surface area contributed by atoms with E-state index in [1.165, 1.54) is 22.8 Å². The van der Waals surface area contributed by atoms with E-state index in [1.54, 1.807) is 11.7 Å². The molecule has 2 rings (SSSR count). The van der Waals surface area contributed by atoms with Crippen LogP contribution in [0.25, 0.3) is 0 Å². The predicted octanol–water partition coefficient (Wildman–Crippen LogP) is -0.0558. The molecule has 0 aliphatic carbocycles. The quantitative estimate of drug-likeness (QED) is 0.746. The van der Waals surface area contributed by atoms with Crippen LogP contribution in [0.15, 0.2) is 11.5 Å².